The highest BCUT2D eigenvalue weighted by molar-refractivity contribution is 9.10. The van der Waals surface area contributed by atoms with Gasteiger partial charge in [0.1, 0.15) is 11.5 Å². The zero-order valence-electron chi connectivity index (χ0n) is 17.8. The Morgan fingerprint density at radius 2 is 1.78 bits per heavy atom. The van der Waals surface area contributed by atoms with E-state index in [9.17, 15) is 14.7 Å². The van der Waals surface area contributed by atoms with E-state index in [-0.39, 0.29) is 11.3 Å². The van der Waals surface area contributed by atoms with Gasteiger partial charge in [0.05, 0.1) is 31.9 Å². The van der Waals surface area contributed by atoms with Gasteiger partial charge in [-0.1, -0.05) is 46.3 Å². The van der Waals surface area contributed by atoms with E-state index in [4.69, 9.17) is 9.47 Å². The highest BCUT2D eigenvalue weighted by Crippen LogP contribution is 2.42. The van der Waals surface area contributed by atoms with Crippen molar-refractivity contribution in [3.63, 3.8) is 0 Å². The Balaban J connectivity index is 1.77. The van der Waals surface area contributed by atoms with Gasteiger partial charge in [-0.05, 0) is 18.2 Å². The molecule has 168 valence electrons. The largest absolute Gasteiger partial charge is 0.507 e. The normalized spacial score (nSPS) is 21.2. The maximum atomic E-state index is 13.1. The summed E-state index contributed by atoms with van der Waals surface area (Å²) in [4.78, 5) is 30.0. The van der Waals surface area contributed by atoms with Crippen LogP contribution in [-0.4, -0.2) is 73.1 Å². The van der Waals surface area contributed by atoms with Gasteiger partial charge in [-0.15, -0.1) is 0 Å². The number of halogens is 1. The summed E-state index contributed by atoms with van der Waals surface area (Å²) >= 11 is 3.38. The Bertz CT molecular complexity index is 1030. The molecule has 4 rings (SSSR count). The minimum Gasteiger partial charge on any atom is -0.507 e. The van der Waals surface area contributed by atoms with E-state index in [0.29, 0.717) is 43.2 Å². The fourth-order valence-electron chi connectivity index (χ4n) is 4.16. The van der Waals surface area contributed by atoms with Crippen LogP contribution in [0.3, 0.4) is 0 Å². The van der Waals surface area contributed by atoms with Crippen molar-refractivity contribution >= 4 is 33.4 Å². The van der Waals surface area contributed by atoms with E-state index in [2.05, 4.69) is 20.8 Å². The number of rotatable bonds is 6. The molecule has 2 heterocycles. The van der Waals surface area contributed by atoms with Gasteiger partial charge < -0.3 is 19.5 Å². The molecule has 1 N–H and O–H groups in total. The third-order valence-corrected chi connectivity index (χ3v) is 6.38. The van der Waals surface area contributed by atoms with Crippen LogP contribution >= 0.6 is 15.9 Å². The standard InChI is InChI=1S/C24H25BrN2O5/c1-31-19-5-3-2-4-18(19)21-20(22(28)16-6-8-17(25)9-7-16)23(29)24(30)27(21)11-10-26-12-14-32-15-13-26/h2-9,21,28H,10-15H2,1H3/b22-20-. The zero-order valence-corrected chi connectivity index (χ0v) is 19.4. The summed E-state index contributed by atoms with van der Waals surface area (Å²) in [5.74, 6) is -0.950. The summed E-state index contributed by atoms with van der Waals surface area (Å²) in [5, 5.41) is 11.1. The first-order chi connectivity index (χ1) is 15.5. The first-order valence-electron chi connectivity index (χ1n) is 10.5. The molecule has 2 aliphatic rings. The Morgan fingerprint density at radius 1 is 1.09 bits per heavy atom. The Kier molecular flexibility index (Phi) is 6.93. The summed E-state index contributed by atoms with van der Waals surface area (Å²) < 4.78 is 11.8. The lowest BCUT2D eigenvalue weighted by molar-refractivity contribution is -0.140. The molecule has 32 heavy (non-hydrogen) atoms. The number of hydrogen-bond acceptors (Lipinski definition) is 6. The molecular formula is C24H25BrN2O5. The predicted molar refractivity (Wildman–Crippen MR) is 123 cm³/mol. The van der Waals surface area contributed by atoms with Crippen LogP contribution in [0.1, 0.15) is 17.2 Å². The lowest BCUT2D eigenvalue weighted by Gasteiger charge is -2.31. The second-order valence-corrected chi connectivity index (χ2v) is 8.61. The van der Waals surface area contributed by atoms with Gasteiger partial charge in [0.15, 0.2) is 0 Å². The van der Waals surface area contributed by atoms with Gasteiger partial charge in [-0.2, -0.15) is 0 Å². The number of amides is 1. The van der Waals surface area contributed by atoms with Crippen LogP contribution in [0.25, 0.3) is 5.76 Å². The van der Waals surface area contributed by atoms with Crippen molar-refractivity contribution < 1.29 is 24.2 Å². The number of aliphatic hydroxyl groups excluding tert-OH is 1. The molecule has 0 aliphatic carbocycles. The van der Waals surface area contributed by atoms with Crippen molar-refractivity contribution in [2.24, 2.45) is 0 Å². The molecular weight excluding hydrogens is 476 g/mol. The van der Waals surface area contributed by atoms with E-state index in [1.165, 1.54) is 0 Å². The van der Waals surface area contributed by atoms with Crippen LogP contribution < -0.4 is 4.74 Å². The monoisotopic (exact) mass is 500 g/mol. The van der Waals surface area contributed by atoms with Gasteiger partial charge in [0.2, 0.25) is 0 Å². The number of carbonyl (C=O) groups excluding carboxylic acids is 2. The van der Waals surface area contributed by atoms with E-state index in [1.54, 1.807) is 42.3 Å². The number of para-hydroxylation sites is 1. The molecule has 2 aromatic rings. The summed E-state index contributed by atoms with van der Waals surface area (Å²) in [7, 11) is 1.55. The number of hydrogen-bond donors (Lipinski definition) is 1. The molecule has 1 unspecified atom stereocenters. The van der Waals surface area contributed by atoms with E-state index >= 15 is 0 Å². The minimum atomic E-state index is -0.740. The van der Waals surface area contributed by atoms with Crippen molar-refractivity contribution in [1.82, 2.24) is 9.80 Å². The second-order valence-electron chi connectivity index (χ2n) is 7.70. The average Bonchev–Trinajstić information content (AvgIpc) is 3.08. The van der Waals surface area contributed by atoms with Gasteiger partial charge in [-0.3, -0.25) is 14.5 Å². The lowest BCUT2D eigenvalue weighted by atomic mass is 9.94. The van der Waals surface area contributed by atoms with Crippen molar-refractivity contribution in [2.45, 2.75) is 6.04 Å². The molecule has 7 nitrogen and oxygen atoms in total. The number of Topliss-reactive ketones (excluding diaryl/α,β-unsaturated/α-hetero) is 1. The molecule has 1 atom stereocenters. The van der Waals surface area contributed by atoms with Crippen LogP contribution in [0.5, 0.6) is 5.75 Å². The van der Waals surface area contributed by atoms with Crippen LogP contribution in [-0.2, 0) is 14.3 Å². The van der Waals surface area contributed by atoms with E-state index < -0.39 is 17.7 Å². The van der Waals surface area contributed by atoms with E-state index in [0.717, 1.165) is 17.6 Å². The second kappa shape index (κ2) is 9.85. The highest BCUT2D eigenvalue weighted by Gasteiger charge is 2.47. The SMILES string of the molecule is COc1ccccc1C1/C(=C(/O)c2ccc(Br)cc2)C(=O)C(=O)N1CCN1CCOCC1. The highest BCUT2D eigenvalue weighted by atomic mass is 79.9. The Labute approximate surface area is 195 Å². The molecule has 0 spiro atoms. The average molecular weight is 501 g/mol. The Hall–Kier alpha value is -2.68. The van der Waals surface area contributed by atoms with E-state index in [1.807, 2.05) is 18.2 Å². The molecule has 8 heteroatoms. The molecule has 0 saturated carbocycles. The van der Waals surface area contributed by atoms with Crippen LogP contribution in [0.4, 0.5) is 0 Å². The molecule has 1 amide bonds. The van der Waals surface area contributed by atoms with Crippen LogP contribution in [0.15, 0.2) is 58.6 Å². The maximum absolute atomic E-state index is 13.1. The molecule has 2 aliphatic heterocycles. The third-order valence-electron chi connectivity index (χ3n) is 5.85. The molecule has 2 fully saturated rings. The first-order valence-corrected chi connectivity index (χ1v) is 11.3. The fourth-order valence-corrected chi connectivity index (χ4v) is 4.43. The molecule has 2 saturated heterocycles. The van der Waals surface area contributed by atoms with Gasteiger partial charge in [0.25, 0.3) is 11.7 Å². The third kappa shape index (κ3) is 4.44. The molecule has 2 aromatic carbocycles. The number of nitrogens with zero attached hydrogens (tertiary/aromatic N) is 2. The molecule has 0 bridgehead atoms. The van der Waals surface area contributed by atoms with Gasteiger partial charge >= 0.3 is 0 Å². The first kappa shape index (κ1) is 22.5. The Morgan fingerprint density at radius 3 is 2.47 bits per heavy atom. The number of ether oxygens (including phenoxy) is 2. The summed E-state index contributed by atoms with van der Waals surface area (Å²) in [5.41, 5.74) is 1.21. The summed E-state index contributed by atoms with van der Waals surface area (Å²) in [6.07, 6.45) is 0. The van der Waals surface area contributed by atoms with Gasteiger partial charge in [-0.25, -0.2) is 0 Å². The number of methoxy groups -OCH3 is 1. The number of carbonyl (C=O) groups is 2. The van der Waals surface area contributed by atoms with Crippen molar-refractivity contribution in [1.29, 1.82) is 0 Å². The topological polar surface area (TPSA) is 79.3 Å². The smallest absolute Gasteiger partial charge is 0.295 e. The molecule has 0 radical (unpaired) electrons. The van der Waals surface area contributed by atoms with Crippen molar-refractivity contribution in [3.05, 3.63) is 69.7 Å². The van der Waals surface area contributed by atoms with Crippen molar-refractivity contribution in [3.8, 4) is 5.75 Å². The van der Waals surface area contributed by atoms with Crippen LogP contribution in [0, 0.1) is 0 Å². The summed E-state index contributed by atoms with van der Waals surface area (Å²) in [6, 6.07) is 13.5. The van der Waals surface area contributed by atoms with Gasteiger partial charge in [0, 0.05) is 41.8 Å². The predicted octanol–water partition coefficient (Wildman–Crippen LogP) is 3.21. The minimum absolute atomic E-state index is 0.0730. The lowest BCUT2D eigenvalue weighted by Crippen LogP contribution is -2.42. The maximum Gasteiger partial charge on any atom is 0.295 e. The number of aliphatic hydroxyl groups is 1. The number of benzene rings is 2. The van der Waals surface area contributed by atoms with Crippen molar-refractivity contribution in [2.75, 3.05) is 46.5 Å². The summed E-state index contributed by atoms with van der Waals surface area (Å²) in [6.45, 7) is 3.83. The fraction of sp³-hybridized carbons (Fsp3) is 0.333. The quantitative estimate of drug-likeness (QED) is 0.372. The zero-order chi connectivity index (χ0) is 22.7. The number of likely N-dealkylation sites (tertiary alicyclic amines) is 1. The van der Waals surface area contributed by atoms with Crippen LogP contribution in [0.2, 0.25) is 0 Å². The molecule has 0 aromatic heterocycles. The number of morpholine rings is 1. The number of ketones is 1.